The van der Waals surface area contributed by atoms with Gasteiger partial charge in [0.25, 0.3) is 0 Å². The Bertz CT molecular complexity index is 506. The van der Waals surface area contributed by atoms with Crippen LogP contribution in [0.3, 0.4) is 0 Å². The van der Waals surface area contributed by atoms with Crippen LogP contribution in [0.25, 0.3) is 0 Å². The summed E-state index contributed by atoms with van der Waals surface area (Å²) in [5, 5.41) is 3.02. The summed E-state index contributed by atoms with van der Waals surface area (Å²) in [7, 11) is -1.98. The minimum absolute atomic E-state index is 0.0725. The molecular formula is C12H19FN2O3S. The fourth-order valence-electron chi connectivity index (χ4n) is 1.44. The summed E-state index contributed by atoms with van der Waals surface area (Å²) in [6.07, 6.45) is 0. The molecule has 1 aromatic rings. The second-order valence-corrected chi connectivity index (χ2v) is 5.82. The van der Waals surface area contributed by atoms with Crippen LogP contribution in [-0.2, 0) is 14.8 Å². The number of nitrogens with one attached hydrogen (secondary N) is 2. The molecule has 0 bridgehead atoms. The van der Waals surface area contributed by atoms with Crippen LogP contribution in [0.15, 0.2) is 23.1 Å². The molecule has 19 heavy (non-hydrogen) atoms. The van der Waals surface area contributed by atoms with Crippen molar-refractivity contribution in [3.63, 3.8) is 0 Å². The maximum Gasteiger partial charge on any atom is 0.240 e. The normalized spacial score (nSPS) is 11.7. The molecule has 7 heteroatoms. The van der Waals surface area contributed by atoms with Gasteiger partial charge >= 0.3 is 0 Å². The van der Waals surface area contributed by atoms with Gasteiger partial charge in [0.1, 0.15) is 5.82 Å². The van der Waals surface area contributed by atoms with Crippen LogP contribution in [-0.4, -0.2) is 41.8 Å². The van der Waals surface area contributed by atoms with Crippen LogP contribution in [0.5, 0.6) is 0 Å². The van der Waals surface area contributed by atoms with E-state index in [0.29, 0.717) is 25.3 Å². The molecule has 0 saturated heterocycles. The lowest BCUT2D eigenvalue weighted by Gasteiger charge is -2.08. The van der Waals surface area contributed by atoms with E-state index in [9.17, 15) is 12.8 Å². The Morgan fingerprint density at radius 2 is 2.00 bits per heavy atom. The number of methoxy groups -OCH3 is 1. The number of benzene rings is 1. The van der Waals surface area contributed by atoms with Gasteiger partial charge < -0.3 is 10.1 Å². The lowest BCUT2D eigenvalue weighted by molar-refractivity contribution is 0.199. The number of halogens is 1. The highest BCUT2D eigenvalue weighted by molar-refractivity contribution is 7.89. The van der Waals surface area contributed by atoms with Gasteiger partial charge in [-0.15, -0.1) is 0 Å². The van der Waals surface area contributed by atoms with Crippen molar-refractivity contribution in [2.75, 3.05) is 33.4 Å². The molecule has 0 atom stereocenters. The summed E-state index contributed by atoms with van der Waals surface area (Å²) in [6.45, 7) is 3.53. The Hall–Kier alpha value is -1.02. The van der Waals surface area contributed by atoms with Crippen LogP contribution in [0.4, 0.5) is 4.39 Å². The molecule has 0 amide bonds. The van der Waals surface area contributed by atoms with Gasteiger partial charge in [0.05, 0.1) is 11.5 Å². The largest absolute Gasteiger partial charge is 0.383 e. The number of sulfonamides is 1. The van der Waals surface area contributed by atoms with Crippen molar-refractivity contribution in [1.29, 1.82) is 0 Å². The second-order valence-electron chi connectivity index (χ2n) is 4.05. The standard InChI is InChI=1S/C12H19FN2O3S/c1-10-9-11(3-4-12(10)13)19(16,17)15-6-5-14-7-8-18-2/h3-4,9,14-15H,5-8H2,1-2H3. The van der Waals surface area contributed by atoms with E-state index in [-0.39, 0.29) is 11.4 Å². The van der Waals surface area contributed by atoms with Crippen molar-refractivity contribution in [1.82, 2.24) is 10.0 Å². The molecule has 0 aliphatic heterocycles. The van der Waals surface area contributed by atoms with E-state index in [1.54, 1.807) is 7.11 Å². The van der Waals surface area contributed by atoms with Gasteiger partial charge in [-0.1, -0.05) is 0 Å². The van der Waals surface area contributed by atoms with E-state index in [2.05, 4.69) is 10.0 Å². The van der Waals surface area contributed by atoms with Crippen molar-refractivity contribution < 1.29 is 17.5 Å². The summed E-state index contributed by atoms with van der Waals surface area (Å²) >= 11 is 0. The van der Waals surface area contributed by atoms with Crippen LogP contribution < -0.4 is 10.0 Å². The van der Waals surface area contributed by atoms with Crippen molar-refractivity contribution in [2.45, 2.75) is 11.8 Å². The molecule has 1 aromatic carbocycles. The van der Waals surface area contributed by atoms with Gasteiger partial charge in [0.15, 0.2) is 0 Å². The molecule has 108 valence electrons. The first-order valence-corrected chi connectivity index (χ1v) is 7.41. The van der Waals surface area contributed by atoms with E-state index in [1.807, 2.05) is 0 Å². The average molecular weight is 290 g/mol. The topological polar surface area (TPSA) is 67.4 Å². The van der Waals surface area contributed by atoms with Crippen molar-refractivity contribution >= 4 is 10.0 Å². The molecule has 0 radical (unpaired) electrons. The maximum atomic E-state index is 13.1. The third-order valence-electron chi connectivity index (χ3n) is 2.52. The van der Waals surface area contributed by atoms with Gasteiger partial charge in [-0.25, -0.2) is 17.5 Å². The highest BCUT2D eigenvalue weighted by Crippen LogP contribution is 2.13. The predicted molar refractivity (Wildman–Crippen MR) is 71.1 cm³/mol. The first-order chi connectivity index (χ1) is 8.97. The summed E-state index contributed by atoms with van der Waals surface area (Å²) in [4.78, 5) is 0.0725. The number of hydrogen-bond acceptors (Lipinski definition) is 4. The van der Waals surface area contributed by atoms with Crippen molar-refractivity contribution in [3.8, 4) is 0 Å². The van der Waals surface area contributed by atoms with Crippen LogP contribution in [0.1, 0.15) is 5.56 Å². The molecule has 0 saturated carbocycles. The maximum absolute atomic E-state index is 13.1. The molecule has 2 N–H and O–H groups in total. The number of aryl methyl sites for hydroxylation is 1. The zero-order chi connectivity index (χ0) is 14.3. The summed E-state index contributed by atoms with van der Waals surface area (Å²) in [6, 6.07) is 3.72. The van der Waals surface area contributed by atoms with E-state index in [4.69, 9.17) is 4.74 Å². The molecule has 0 fully saturated rings. The lowest BCUT2D eigenvalue weighted by atomic mass is 10.2. The Kier molecular flexibility index (Phi) is 6.36. The zero-order valence-corrected chi connectivity index (χ0v) is 11.9. The third kappa shape index (κ3) is 5.23. The molecule has 5 nitrogen and oxygen atoms in total. The zero-order valence-electron chi connectivity index (χ0n) is 11.1. The Morgan fingerprint density at radius 1 is 1.26 bits per heavy atom. The molecule has 0 aromatic heterocycles. The van der Waals surface area contributed by atoms with Gasteiger partial charge in [0.2, 0.25) is 10.0 Å². The van der Waals surface area contributed by atoms with E-state index in [0.717, 1.165) is 6.07 Å². The fraction of sp³-hybridized carbons (Fsp3) is 0.500. The number of ether oxygens (including phenoxy) is 1. The van der Waals surface area contributed by atoms with Crippen LogP contribution in [0, 0.1) is 12.7 Å². The first kappa shape index (κ1) is 16.0. The Balaban J connectivity index is 2.49. The van der Waals surface area contributed by atoms with Crippen molar-refractivity contribution in [2.24, 2.45) is 0 Å². The summed E-state index contributed by atoms with van der Waals surface area (Å²) in [5.41, 5.74) is 0.307. The second kappa shape index (κ2) is 7.54. The highest BCUT2D eigenvalue weighted by Gasteiger charge is 2.14. The molecule has 1 rings (SSSR count). The molecular weight excluding hydrogens is 271 g/mol. The molecule has 0 aliphatic rings. The molecule has 0 aliphatic carbocycles. The lowest BCUT2D eigenvalue weighted by Crippen LogP contribution is -2.33. The van der Waals surface area contributed by atoms with E-state index in [1.165, 1.54) is 19.1 Å². The first-order valence-electron chi connectivity index (χ1n) is 5.93. The summed E-state index contributed by atoms with van der Waals surface area (Å²) in [5.74, 6) is -0.416. The van der Waals surface area contributed by atoms with Crippen LogP contribution >= 0.6 is 0 Å². The summed E-state index contributed by atoms with van der Waals surface area (Å²) < 4.78 is 44.2. The Labute approximate surface area is 113 Å². The SMILES string of the molecule is COCCNCCNS(=O)(=O)c1ccc(F)c(C)c1. The van der Waals surface area contributed by atoms with Gasteiger partial charge in [-0.05, 0) is 30.7 Å². The predicted octanol–water partition coefficient (Wildman–Crippen LogP) is 0.648. The minimum atomic E-state index is -3.58. The fourth-order valence-corrected chi connectivity index (χ4v) is 2.56. The van der Waals surface area contributed by atoms with Gasteiger partial charge in [0, 0.05) is 26.7 Å². The number of rotatable bonds is 8. The minimum Gasteiger partial charge on any atom is -0.383 e. The average Bonchev–Trinajstić information content (AvgIpc) is 2.36. The monoisotopic (exact) mass is 290 g/mol. The van der Waals surface area contributed by atoms with Crippen molar-refractivity contribution in [3.05, 3.63) is 29.6 Å². The molecule has 0 heterocycles. The molecule has 0 spiro atoms. The van der Waals surface area contributed by atoms with Crippen LogP contribution in [0.2, 0.25) is 0 Å². The highest BCUT2D eigenvalue weighted by atomic mass is 32.2. The smallest absolute Gasteiger partial charge is 0.240 e. The quantitative estimate of drug-likeness (QED) is 0.690. The molecule has 0 unspecified atom stereocenters. The van der Waals surface area contributed by atoms with Gasteiger partial charge in [-0.2, -0.15) is 0 Å². The van der Waals surface area contributed by atoms with E-state index >= 15 is 0 Å². The third-order valence-corrected chi connectivity index (χ3v) is 3.98. The number of hydrogen-bond donors (Lipinski definition) is 2. The Morgan fingerprint density at radius 3 is 2.63 bits per heavy atom. The van der Waals surface area contributed by atoms with E-state index < -0.39 is 15.8 Å². The van der Waals surface area contributed by atoms with Gasteiger partial charge in [-0.3, -0.25) is 0 Å².